The molecule has 0 spiro atoms. The lowest BCUT2D eigenvalue weighted by molar-refractivity contribution is -0.121. The number of thioether (sulfide) groups is 1. The first-order valence-electron chi connectivity index (χ1n) is 8.34. The van der Waals surface area contributed by atoms with Crippen molar-refractivity contribution in [3.8, 4) is 5.69 Å². The predicted molar refractivity (Wildman–Crippen MR) is 96.5 cm³/mol. The van der Waals surface area contributed by atoms with Gasteiger partial charge in [0.25, 0.3) is 0 Å². The Morgan fingerprint density at radius 3 is 2.50 bits per heavy atom. The molecule has 3 rings (SSSR count). The van der Waals surface area contributed by atoms with E-state index in [1.165, 1.54) is 11.8 Å². The highest BCUT2D eigenvalue weighted by atomic mass is 32.2. The SMILES string of the molecule is C[C@H](Sc1nnc(C2CC2)n1-c1ccccc1)C(=O)NC(C)(C)C. The summed E-state index contributed by atoms with van der Waals surface area (Å²) in [6.45, 7) is 7.87. The molecule has 1 heterocycles. The van der Waals surface area contributed by atoms with E-state index >= 15 is 0 Å². The van der Waals surface area contributed by atoms with Crippen molar-refractivity contribution in [1.82, 2.24) is 20.1 Å². The Kier molecular flexibility index (Phi) is 4.67. The number of aromatic nitrogens is 3. The van der Waals surface area contributed by atoms with Gasteiger partial charge in [0, 0.05) is 17.1 Å². The Hall–Kier alpha value is -1.82. The van der Waals surface area contributed by atoms with Gasteiger partial charge in [0.05, 0.1) is 5.25 Å². The van der Waals surface area contributed by atoms with Gasteiger partial charge in [-0.1, -0.05) is 30.0 Å². The fourth-order valence-electron chi connectivity index (χ4n) is 2.47. The minimum atomic E-state index is -0.238. The van der Waals surface area contributed by atoms with E-state index in [1.54, 1.807) is 0 Å². The van der Waals surface area contributed by atoms with Crippen molar-refractivity contribution in [2.45, 2.75) is 62.4 Å². The van der Waals surface area contributed by atoms with E-state index in [1.807, 2.05) is 45.9 Å². The summed E-state index contributed by atoms with van der Waals surface area (Å²) in [6.07, 6.45) is 2.32. The van der Waals surface area contributed by atoms with Crippen LogP contribution < -0.4 is 5.32 Å². The molecular formula is C18H24N4OS. The molecule has 6 heteroatoms. The number of amides is 1. The first-order valence-corrected chi connectivity index (χ1v) is 9.22. The largest absolute Gasteiger partial charge is 0.351 e. The van der Waals surface area contributed by atoms with Gasteiger partial charge in [0.2, 0.25) is 5.91 Å². The van der Waals surface area contributed by atoms with Crippen LogP contribution in [0.5, 0.6) is 0 Å². The molecule has 1 aliphatic rings. The first-order chi connectivity index (χ1) is 11.3. The molecule has 0 bridgehead atoms. The lowest BCUT2D eigenvalue weighted by atomic mass is 10.1. The third kappa shape index (κ3) is 3.98. The zero-order chi connectivity index (χ0) is 17.3. The Morgan fingerprint density at radius 2 is 1.92 bits per heavy atom. The average molecular weight is 344 g/mol. The number of benzene rings is 1. The molecule has 1 atom stereocenters. The van der Waals surface area contributed by atoms with Gasteiger partial charge >= 0.3 is 0 Å². The van der Waals surface area contributed by atoms with Crippen LogP contribution in [0.25, 0.3) is 5.69 Å². The van der Waals surface area contributed by atoms with Crippen molar-refractivity contribution in [1.29, 1.82) is 0 Å². The van der Waals surface area contributed by atoms with Crippen LogP contribution in [0, 0.1) is 0 Å². The third-order valence-electron chi connectivity index (χ3n) is 3.76. The molecule has 1 aromatic heterocycles. The molecule has 5 nitrogen and oxygen atoms in total. The van der Waals surface area contributed by atoms with Crippen molar-refractivity contribution < 1.29 is 4.79 Å². The molecule has 0 radical (unpaired) electrons. The van der Waals surface area contributed by atoms with Crippen LogP contribution in [0.4, 0.5) is 0 Å². The molecule has 1 fully saturated rings. The molecule has 1 aliphatic carbocycles. The highest BCUT2D eigenvalue weighted by Gasteiger charge is 2.32. The van der Waals surface area contributed by atoms with Crippen LogP contribution in [0.3, 0.4) is 0 Å². The lowest BCUT2D eigenvalue weighted by Gasteiger charge is -2.23. The quantitative estimate of drug-likeness (QED) is 0.843. The molecule has 1 amide bonds. The van der Waals surface area contributed by atoms with Gasteiger partial charge in [0.15, 0.2) is 5.16 Å². The minimum Gasteiger partial charge on any atom is -0.351 e. The van der Waals surface area contributed by atoms with Crippen molar-refractivity contribution in [3.63, 3.8) is 0 Å². The van der Waals surface area contributed by atoms with E-state index in [9.17, 15) is 4.79 Å². The molecule has 1 N–H and O–H groups in total. The molecular weight excluding hydrogens is 320 g/mol. The smallest absolute Gasteiger partial charge is 0.233 e. The second-order valence-corrected chi connectivity index (χ2v) is 8.59. The topological polar surface area (TPSA) is 59.8 Å². The number of nitrogens with zero attached hydrogens (tertiary/aromatic N) is 3. The van der Waals surface area contributed by atoms with Gasteiger partial charge in [-0.15, -0.1) is 10.2 Å². The number of hydrogen-bond acceptors (Lipinski definition) is 4. The van der Waals surface area contributed by atoms with E-state index in [4.69, 9.17) is 0 Å². The summed E-state index contributed by atoms with van der Waals surface area (Å²) in [7, 11) is 0. The fourth-order valence-corrected chi connectivity index (χ4v) is 3.34. The van der Waals surface area contributed by atoms with Crippen molar-refractivity contribution in [2.24, 2.45) is 0 Å². The predicted octanol–water partition coefficient (Wildman–Crippen LogP) is 3.54. The van der Waals surface area contributed by atoms with E-state index in [0.717, 1.165) is 29.5 Å². The van der Waals surface area contributed by atoms with E-state index < -0.39 is 0 Å². The standard InChI is InChI=1S/C18H24N4OS/c1-12(16(23)19-18(2,3)4)24-17-21-20-15(13-10-11-13)22(17)14-8-6-5-7-9-14/h5-9,12-13H,10-11H2,1-4H3,(H,19,23)/t12-/m0/s1. The zero-order valence-electron chi connectivity index (χ0n) is 14.6. The molecule has 1 saturated carbocycles. The summed E-state index contributed by atoms with van der Waals surface area (Å²) in [6, 6.07) is 10.1. The summed E-state index contributed by atoms with van der Waals surface area (Å²) >= 11 is 1.46. The summed E-state index contributed by atoms with van der Waals surface area (Å²) in [4.78, 5) is 12.4. The zero-order valence-corrected chi connectivity index (χ0v) is 15.4. The maximum absolute atomic E-state index is 12.4. The summed E-state index contributed by atoms with van der Waals surface area (Å²) in [5, 5.41) is 12.3. The molecule has 1 aromatic carbocycles. The van der Waals surface area contributed by atoms with Gasteiger partial charge in [-0.2, -0.15) is 0 Å². The Balaban J connectivity index is 1.85. The normalized spacial score (nSPS) is 16.0. The summed E-state index contributed by atoms with van der Waals surface area (Å²) in [5.74, 6) is 1.51. The fraction of sp³-hybridized carbons (Fsp3) is 0.500. The molecule has 0 saturated heterocycles. The highest BCUT2D eigenvalue weighted by Crippen LogP contribution is 2.41. The van der Waals surface area contributed by atoms with Crippen LogP contribution in [0.2, 0.25) is 0 Å². The van der Waals surface area contributed by atoms with Gasteiger partial charge in [-0.3, -0.25) is 9.36 Å². The van der Waals surface area contributed by atoms with E-state index in [2.05, 4.69) is 32.2 Å². The molecule has 2 aromatic rings. The monoisotopic (exact) mass is 344 g/mol. The number of carbonyl (C=O) groups excluding carboxylic acids is 1. The number of hydrogen-bond donors (Lipinski definition) is 1. The second kappa shape index (κ2) is 6.59. The van der Waals surface area contributed by atoms with Crippen LogP contribution >= 0.6 is 11.8 Å². The number of rotatable bonds is 5. The lowest BCUT2D eigenvalue weighted by Crippen LogP contribution is -2.44. The maximum Gasteiger partial charge on any atom is 0.233 e. The molecule has 0 unspecified atom stereocenters. The number of nitrogens with one attached hydrogen (secondary N) is 1. The third-order valence-corrected chi connectivity index (χ3v) is 4.81. The van der Waals surface area contributed by atoms with Crippen LogP contribution in [0.15, 0.2) is 35.5 Å². The maximum atomic E-state index is 12.4. The first kappa shape index (κ1) is 17.0. The molecule has 0 aliphatic heterocycles. The van der Waals surface area contributed by atoms with Gasteiger partial charge in [-0.25, -0.2) is 0 Å². The van der Waals surface area contributed by atoms with Crippen LogP contribution in [-0.2, 0) is 4.79 Å². The summed E-state index contributed by atoms with van der Waals surface area (Å²) < 4.78 is 2.10. The second-order valence-electron chi connectivity index (χ2n) is 7.29. The number of carbonyl (C=O) groups is 1. The van der Waals surface area contributed by atoms with E-state index in [-0.39, 0.29) is 16.7 Å². The van der Waals surface area contributed by atoms with Crippen molar-refractivity contribution >= 4 is 17.7 Å². The molecule has 24 heavy (non-hydrogen) atoms. The Bertz CT molecular complexity index is 716. The van der Waals surface area contributed by atoms with Crippen LogP contribution in [0.1, 0.15) is 52.3 Å². The van der Waals surface area contributed by atoms with E-state index in [0.29, 0.717) is 5.92 Å². The Morgan fingerprint density at radius 1 is 1.25 bits per heavy atom. The van der Waals surface area contributed by atoms with Gasteiger partial charge in [0.1, 0.15) is 5.82 Å². The highest BCUT2D eigenvalue weighted by molar-refractivity contribution is 8.00. The summed E-state index contributed by atoms with van der Waals surface area (Å²) in [5.41, 5.74) is 0.813. The minimum absolute atomic E-state index is 0.0167. The van der Waals surface area contributed by atoms with Crippen LogP contribution in [-0.4, -0.2) is 31.5 Å². The number of para-hydroxylation sites is 1. The van der Waals surface area contributed by atoms with Crippen molar-refractivity contribution in [2.75, 3.05) is 0 Å². The van der Waals surface area contributed by atoms with Gasteiger partial charge < -0.3 is 5.32 Å². The molecule has 128 valence electrons. The van der Waals surface area contributed by atoms with Crippen molar-refractivity contribution in [3.05, 3.63) is 36.2 Å². The average Bonchev–Trinajstić information content (AvgIpc) is 3.27. The Labute approximate surface area is 147 Å². The van der Waals surface area contributed by atoms with Gasteiger partial charge in [-0.05, 0) is 52.7 Å².